The van der Waals surface area contributed by atoms with Crippen LogP contribution < -0.4 is 9.80 Å². The minimum absolute atomic E-state index is 0.848. The molecule has 2 aliphatic heterocycles. The molecular weight excluding hydrogens is 829 g/mol. The maximum atomic E-state index is 7.29. The van der Waals surface area contributed by atoms with Crippen LogP contribution >= 0.6 is 0 Å². The Bertz CT molecular complexity index is 4220. The third-order valence-electron chi connectivity index (χ3n) is 14.8. The monoisotopic (exact) mass is 864 g/mol. The second-order valence-electron chi connectivity index (χ2n) is 18.3. The SMILES string of the molecule is c1ccc(N(c2ccccc2)c2cc3cccc4c5ccc6oc7cc8c9cc(N(c%10ccccc%10)c%10ccccc%10)cc%10cccc(c%11ccc%12oc%13cc(c(c2)c34)c5c6c%13-c7c%12c%118)c%109)cc1. The number of anilines is 6. The molecule has 0 saturated heterocycles. The molecule has 0 unspecified atom stereocenters. The average Bonchev–Trinajstić information content (AvgIpc) is 3.39. The summed E-state index contributed by atoms with van der Waals surface area (Å²) in [7, 11) is 0. The van der Waals surface area contributed by atoms with Crippen molar-refractivity contribution < 1.29 is 8.83 Å². The van der Waals surface area contributed by atoms with Gasteiger partial charge in [-0.3, -0.25) is 0 Å². The van der Waals surface area contributed by atoms with E-state index in [2.05, 4.69) is 228 Å². The molecule has 0 fully saturated rings. The van der Waals surface area contributed by atoms with E-state index in [1.807, 2.05) is 0 Å². The van der Waals surface area contributed by atoms with Gasteiger partial charge in [-0.15, -0.1) is 0 Å². The van der Waals surface area contributed by atoms with E-state index < -0.39 is 0 Å². The summed E-state index contributed by atoms with van der Waals surface area (Å²) in [4.78, 5) is 4.72. The van der Waals surface area contributed by atoms with Crippen LogP contribution in [0.25, 0.3) is 120 Å². The van der Waals surface area contributed by atoms with Crippen LogP contribution in [0.3, 0.4) is 0 Å². The van der Waals surface area contributed by atoms with Gasteiger partial charge in [0.15, 0.2) is 0 Å². The quantitative estimate of drug-likeness (QED) is 0.123. The van der Waals surface area contributed by atoms with Crippen molar-refractivity contribution in [2.24, 2.45) is 0 Å². The average molecular weight is 865 g/mol. The van der Waals surface area contributed by atoms with E-state index >= 15 is 0 Å². The molecule has 4 heteroatoms. The Labute approximate surface area is 389 Å². The Morgan fingerprint density at radius 2 is 0.574 bits per heavy atom. The molecule has 0 radical (unpaired) electrons. The zero-order valence-electron chi connectivity index (χ0n) is 36.5. The molecule has 0 amide bonds. The molecule has 68 heavy (non-hydrogen) atoms. The number of rotatable bonds is 6. The van der Waals surface area contributed by atoms with Crippen molar-refractivity contribution in [2.75, 3.05) is 9.80 Å². The van der Waals surface area contributed by atoms with Crippen molar-refractivity contribution in [2.45, 2.75) is 0 Å². The normalized spacial score (nSPS) is 12.4. The third-order valence-corrected chi connectivity index (χ3v) is 14.8. The maximum absolute atomic E-state index is 7.29. The van der Waals surface area contributed by atoms with Crippen LogP contribution in [0.2, 0.25) is 0 Å². The van der Waals surface area contributed by atoms with Gasteiger partial charge in [-0.2, -0.15) is 0 Å². The molecule has 0 saturated carbocycles. The van der Waals surface area contributed by atoms with Gasteiger partial charge in [0.05, 0.1) is 0 Å². The minimum atomic E-state index is 0.848. The predicted molar refractivity (Wildman–Crippen MR) is 286 cm³/mol. The first-order valence-electron chi connectivity index (χ1n) is 23.3. The van der Waals surface area contributed by atoms with Gasteiger partial charge in [-0.05, 0) is 174 Å². The fourth-order valence-electron chi connectivity index (χ4n) is 12.1. The van der Waals surface area contributed by atoms with E-state index in [1.165, 1.54) is 64.6 Å². The van der Waals surface area contributed by atoms with Crippen molar-refractivity contribution in [1.29, 1.82) is 0 Å². The molecule has 314 valence electrons. The van der Waals surface area contributed by atoms with E-state index in [0.717, 1.165) is 89.1 Å². The molecule has 0 aliphatic carbocycles. The van der Waals surface area contributed by atoms with Gasteiger partial charge in [0.1, 0.15) is 22.3 Å². The zero-order valence-corrected chi connectivity index (χ0v) is 36.5. The molecule has 0 bridgehead atoms. The largest absolute Gasteiger partial charge is 0.456 e. The summed E-state index contributed by atoms with van der Waals surface area (Å²) in [5, 5.41) is 19.0. The van der Waals surface area contributed by atoms with Gasteiger partial charge in [0.25, 0.3) is 0 Å². The summed E-state index contributed by atoms with van der Waals surface area (Å²) in [6, 6.07) is 79.1. The molecule has 0 spiro atoms. The molecule has 4 nitrogen and oxygen atoms in total. The van der Waals surface area contributed by atoms with Gasteiger partial charge >= 0.3 is 0 Å². The first-order chi connectivity index (χ1) is 33.7. The first-order valence-corrected chi connectivity index (χ1v) is 23.3. The van der Waals surface area contributed by atoms with E-state index in [9.17, 15) is 0 Å². The molecule has 16 rings (SSSR count). The topological polar surface area (TPSA) is 32.8 Å². The summed E-state index contributed by atoms with van der Waals surface area (Å²) in [5.41, 5.74) is 12.2. The minimum Gasteiger partial charge on any atom is -0.456 e. The molecule has 0 N–H and O–H groups in total. The fraction of sp³-hybridized carbons (Fsp3) is 0. The van der Waals surface area contributed by atoms with Gasteiger partial charge in [0, 0.05) is 66.8 Å². The number of fused-ring (bicyclic) bond motifs is 4. The van der Waals surface area contributed by atoms with E-state index in [-0.39, 0.29) is 0 Å². The van der Waals surface area contributed by atoms with Crippen molar-refractivity contribution >= 4 is 143 Å². The van der Waals surface area contributed by atoms with E-state index in [0.29, 0.717) is 0 Å². The summed E-state index contributed by atoms with van der Waals surface area (Å²) < 4.78 is 14.6. The van der Waals surface area contributed by atoms with Crippen LogP contribution in [-0.4, -0.2) is 0 Å². The Kier molecular flexibility index (Phi) is 7.04. The van der Waals surface area contributed by atoms with Crippen LogP contribution in [0.15, 0.2) is 227 Å². The van der Waals surface area contributed by atoms with Gasteiger partial charge < -0.3 is 18.6 Å². The first kappa shape index (κ1) is 36.1. The summed E-state index contributed by atoms with van der Waals surface area (Å²) in [6.45, 7) is 0. The Morgan fingerprint density at radius 1 is 0.221 bits per heavy atom. The second kappa shape index (κ2) is 13.3. The lowest BCUT2D eigenvalue weighted by Crippen LogP contribution is -2.09. The number of hydrogen-bond acceptors (Lipinski definition) is 4. The van der Waals surface area contributed by atoms with Crippen molar-refractivity contribution in [3.05, 3.63) is 218 Å². The van der Waals surface area contributed by atoms with Crippen molar-refractivity contribution in [1.82, 2.24) is 0 Å². The standard InChI is InChI=1S/C64H36N2O2/c1-5-17-39(18-6-1)65(40-19-7-2-8-20-40)43-31-37-15-13-25-45-47-27-29-53-61-59(47)51(49(33-43)57(37)45)35-55-63(61)64-56(68-53)36-52-50-34-44(66(41-21-9-3-10-22-41)42-23-11-4-12-24-42)32-38-16-14-26-46(58(38)50)48-28-30-54(67-55)62(64)60(48)52/h1-36H. The van der Waals surface area contributed by atoms with Crippen LogP contribution in [-0.2, 0) is 0 Å². The third kappa shape index (κ3) is 4.77. The van der Waals surface area contributed by atoms with Crippen LogP contribution in [0.1, 0.15) is 0 Å². The highest BCUT2D eigenvalue weighted by Crippen LogP contribution is 2.56. The number of nitrogens with zero attached hydrogens (tertiary/aromatic N) is 2. The molecule has 2 aliphatic rings. The Hall–Kier alpha value is -9.12. The molecule has 14 aromatic rings. The van der Waals surface area contributed by atoms with Gasteiger partial charge in [-0.25, -0.2) is 0 Å². The maximum Gasteiger partial charge on any atom is 0.136 e. The number of hydrogen-bond donors (Lipinski definition) is 0. The lowest BCUT2D eigenvalue weighted by atomic mass is 9.82. The summed E-state index contributed by atoms with van der Waals surface area (Å²) >= 11 is 0. The molecule has 0 aromatic heterocycles. The summed E-state index contributed by atoms with van der Waals surface area (Å²) in [5.74, 6) is 0. The van der Waals surface area contributed by atoms with Crippen LogP contribution in [0.4, 0.5) is 34.1 Å². The van der Waals surface area contributed by atoms with E-state index in [4.69, 9.17) is 8.83 Å². The van der Waals surface area contributed by atoms with Crippen molar-refractivity contribution in [3.8, 4) is 11.1 Å². The Morgan fingerprint density at radius 3 is 0.956 bits per heavy atom. The lowest BCUT2D eigenvalue weighted by molar-refractivity contribution is 0.647. The van der Waals surface area contributed by atoms with Crippen molar-refractivity contribution in [3.63, 3.8) is 0 Å². The number of para-hydroxylation sites is 4. The number of benzene rings is 14. The van der Waals surface area contributed by atoms with Gasteiger partial charge in [0.2, 0.25) is 0 Å². The molecule has 14 aromatic carbocycles. The highest BCUT2D eigenvalue weighted by atomic mass is 16.3. The molecule has 2 heterocycles. The highest BCUT2D eigenvalue weighted by molar-refractivity contribution is 6.42. The van der Waals surface area contributed by atoms with Gasteiger partial charge in [-0.1, -0.05) is 109 Å². The van der Waals surface area contributed by atoms with Crippen LogP contribution in [0, 0.1) is 0 Å². The highest BCUT2D eigenvalue weighted by Gasteiger charge is 2.30. The summed E-state index contributed by atoms with van der Waals surface area (Å²) in [6.07, 6.45) is 0. The Balaban J connectivity index is 1.02. The lowest BCUT2D eigenvalue weighted by Gasteiger charge is -2.28. The second-order valence-corrected chi connectivity index (χ2v) is 18.3. The van der Waals surface area contributed by atoms with E-state index in [1.54, 1.807) is 0 Å². The zero-order chi connectivity index (χ0) is 44.2. The molecular formula is C64H36N2O2. The molecule has 0 atom stereocenters. The smallest absolute Gasteiger partial charge is 0.136 e. The fourth-order valence-corrected chi connectivity index (χ4v) is 12.1. The van der Waals surface area contributed by atoms with Crippen LogP contribution in [0.5, 0.6) is 0 Å². The predicted octanol–water partition coefficient (Wildman–Crippen LogP) is 18.8.